The zero-order valence-electron chi connectivity index (χ0n) is 10.1. The predicted molar refractivity (Wildman–Crippen MR) is 67.6 cm³/mol. The molecule has 1 aromatic rings. The Morgan fingerprint density at radius 3 is 2.42 bits per heavy atom. The molecule has 0 radical (unpaired) electrons. The number of aromatic nitrogens is 1. The molecule has 9 heteroatoms. The first-order chi connectivity index (χ1) is 8.89. The lowest BCUT2D eigenvalue weighted by atomic mass is 10.2. The van der Waals surface area contributed by atoms with E-state index < -0.39 is 21.7 Å². The lowest BCUT2D eigenvalue weighted by Gasteiger charge is -2.32. The molecule has 0 aromatic carbocycles. The van der Waals surface area contributed by atoms with Crippen LogP contribution in [0.2, 0.25) is 0 Å². The molecule has 104 valence electrons. The summed E-state index contributed by atoms with van der Waals surface area (Å²) in [6.07, 6.45) is 1.44. The summed E-state index contributed by atoms with van der Waals surface area (Å²) in [7, 11) is -3.72. The maximum absolute atomic E-state index is 12.1. The van der Waals surface area contributed by atoms with Crippen LogP contribution in [0.4, 0.5) is 0 Å². The predicted octanol–water partition coefficient (Wildman–Crippen LogP) is -1.66. The van der Waals surface area contributed by atoms with Gasteiger partial charge in [0.25, 0.3) is 21.7 Å². The molecule has 19 heavy (non-hydrogen) atoms. The number of piperazine rings is 1. The van der Waals surface area contributed by atoms with Gasteiger partial charge >= 0.3 is 0 Å². The van der Waals surface area contributed by atoms with E-state index in [1.807, 2.05) is 0 Å². The summed E-state index contributed by atoms with van der Waals surface area (Å²) in [5, 5.41) is 5.01. The normalized spacial score (nSPS) is 17.4. The van der Waals surface area contributed by atoms with E-state index in [1.165, 1.54) is 17.2 Å². The maximum atomic E-state index is 12.1. The SMILES string of the molecule is NS(=O)(=O)N1CCN(C(=O)c2ccc[nH]c2=O)CC1. The van der Waals surface area contributed by atoms with E-state index in [2.05, 4.69) is 4.98 Å². The van der Waals surface area contributed by atoms with Crippen molar-refractivity contribution >= 4 is 16.1 Å². The molecular formula is C10H14N4O4S. The van der Waals surface area contributed by atoms with E-state index in [-0.39, 0.29) is 31.7 Å². The summed E-state index contributed by atoms with van der Waals surface area (Å²) >= 11 is 0. The number of carbonyl (C=O) groups is 1. The minimum Gasteiger partial charge on any atom is -0.336 e. The van der Waals surface area contributed by atoms with E-state index in [1.54, 1.807) is 6.07 Å². The fourth-order valence-corrected chi connectivity index (χ4v) is 2.58. The first kappa shape index (κ1) is 13.7. The van der Waals surface area contributed by atoms with Gasteiger partial charge in [-0.1, -0.05) is 0 Å². The Balaban J connectivity index is 2.09. The van der Waals surface area contributed by atoms with Gasteiger partial charge in [0.2, 0.25) is 0 Å². The highest BCUT2D eigenvalue weighted by atomic mass is 32.2. The molecule has 1 saturated heterocycles. The van der Waals surface area contributed by atoms with E-state index in [0.717, 1.165) is 4.31 Å². The highest BCUT2D eigenvalue weighted by molar-refractivity contribution is 7.86. The first-order valence-corrected chi connectivity index (χ1v) is 7.15. The average Bonchev–Trinajstić information content (AvgIpc) is 2.38. The van der Waals surface area contributed by atoms with Crippen LogP contribution >= 0.6 is 0 Å². The summed E-state index contributed by atoms with van der Waals surface area (Å²) in [6, 6.07) is 3.00. The first-order valence-electron chi connectivity index (χ1n) is 5.64. The quantitative estimate of drug-likeness (QED) is 0.676. The second-order valence-electron chi connectivity index (χ2n) is 4.15. The van der Waals surface area contributed by atoms with Crippen LogP contribution in [0.5, 0.6) is 0 Å². The van der Waals surface area contributed by atoms with Gasteiger partial charge < -0.3 is 9.88 Å². The molecule has 0 saturated carbocycles. The van der Waals surface area contributed by atoms with Gasteiger partial charge in [-0.2, -0.15) is 12.7 Å². The van der Waals surface area contributed by atoms with Crippen LogP contribution in [0.3, 0.4) is 0 Å². The number of aromatic amines is 1. The highest BCUT2D eigenvalue weighted by Crippen LogP contribution is 2.07. The Bertz CT molecular complexity index is 631. The zero-order valence-corrected chi connectivity index (χ0v) is 10.9. The van der Waals surface area contributed by atoms with Crippen LogP contribution in [0.1, 0.15) is 10.4 Å². The molecule has 3 N–H and O–H groups in total. The third-order valence-electron chi connectivity index (χ3n) is 2.93. The van der Waals surface area contributed by atoms with E-state index in [9.17, 15) is 18.0 Å². The second-order valence-corrected chi connectivity index (χ2v) is 5.70. The summed E-state index contributed by atoms with van der Waals surface area (Å²) in [5.41, 5.74) is -0.409. The molecule has 1 amide bonds. The third-order valence-corrected chi connectivity index (χ3v) is 4.02. The van der Waals surface area contributed by atoms with Crippen molar-refractivity contribution in [2.45, 2.75) is 0 Å². The lowest BCUT2D eigenvalue weighted by Crippen LogP contribution is -2.52. The minimum atomic E-state index is -3.72. The number of hydrogen-bond donors (Lipinski definition) is 2. The molecule has 0 unspecified atom stereocenters. The largest absolute Gasteiger partial charge is 0.336 e. The van der Waals surface area contributed by atoms with Crippen molar-refractivity contribution in [3.05, 3.63) is 34.2 Å². The standard InChI is InChI=1S/C10H14N4O4S/c11-19(17,18)14-6-4-13(5-7-14)10(16)8-2-1-3-12-9(8)15/h1-3H,4-7H2,(H,12,15)(H2,11,17,18). The number of amides is 1. The minimum absolute atomic E-state index is 0.0477. The van der Waals surface area contributed by atoms with Crippen molar-refractivity contribution in [2.24, 2.45) is 5.14 Å². The number of pyridine rings is 1. The van der Waals surface area contributed by atoms with Gasteiger partial charge in [0, 0.05) is 32.4 Å². The molecule has 0 aliphatic carbocycles. The molecule has 8 nitrogen and oxygen atoms in total. The molecule has 1 aliphatic heterocycles. The summed E-state index contributed by atoms with van der Waals surface area (Å²) in [6.45, 7) is 0.692. The van der Waals surface area contributed by atoms with E-state index in [0.29, 0.717) is 0 Å². The van der Waals surface area contributed by atoms with E-state index in [4.69, 9.17) is 5.14 Å². The molecule has 1 aromatic heterocycles. The van der Waals surface area contributed by atoms with Crippen molar-refractivity contribution in [2.75, 3.05) is 26.2 Å². The van der Waals surface area contributed by atoms with Crippen molar-refractivity contribution in [1.29, 1.82) is 0 Å². The smallest absolute Gasteiger partial charge is 0.277 e. The number of hydrogen-bond acceptors (Lipinski definition) is 4. The summed E-state index contributed by atoms with van der Waals surface area (Å²) in [5.74, 6) is -0.407. The van der Waals surface area contributed by atoms with Crippen LogP contribution in [0.25, 0.3) is 0 Å². The highest BCUT2D eigenvalue weighted by Gasteiger charge is 2.27. The maximum Gasteiger partial charge on any atom is 0.277 e. The Labute approximate surface area is 110 Å². The van der Waals surface area contributed by atoms with Crippen LogP contribution in [0, 0.1) is 0 Å². The molecule has 2 heterocycles. The van der Waals surface area contributed by atoms with Crippen LogP contribution in [-0.4, -0.2) is 54.7 Å². The van der Waals surface area contributed by atoms with Gasteiger partial charge in [0.05, 0.1) is 0 Å². The molecule has 0 atom stereocenters. The second kappa shape index (κ2) is 5.11. The Morgan fingerprint density at radius 2 is 1.89 bits per heavy atom. The van der Waals surface area contributed by atoms with Gasteiger partial charge in [-0.15, -0.1) is 0 Å². The number of carbonyl (C=O) groups excluding carboxylic acids is 1. The van der Waals surface area contributed by atoms with Crippen LogP contribution < -0.4 is 10.7 Å². The number of nitrogens with one attached hydrogen (secondary N) is 1. The van der Waals surface area contributed by atoms with Crippen LogP contribution in [0.15, 0.2) is 23.1 Å². The summed E-state index contributed by atoms with van der Waals surface area (Å²) in [4.78, 5) is 27.4. The zero-order chi connectivity index (χ0) is 14.0. The summed E-state index contributed by atoms with van der Waals surface area (Å²) < 4.78 is 23.4. The topological polar surface area (TPSA) is 117 Å². The van der Waals surface area contributed by atoms with Crippen LogP contribution in [-0.2, 0) is 10.2 Å². The van der Waals surface area contributed by atoms with Gasteiger partial charge in [-0.05, 0) is 12.1 Å². The molecule has 0 bridgehead atoms. The van der Waals surface area contributed by atoms with Gasteiger partial charge in [0.1, 0.15) is 5.56 Å². The third kappa shape index (κ3) is 3.00. The number of H-pyrrole nitrogens is 1. The van der Waals surface area contributed by atoms with Crippen molar-refractivity contribution in [3.8, 4) is 0 Å². The van der Waals surface area contributed by atoms with Gasteiger partial charge in [-0.25, -0.2) is 5.14 Å². The molecular weight excluding hydrogens is 272 g/mol. The van der Waals surface area contributed by atoms with Gasteiger partial charge in [-0.3, -0.25) is 9.59 Å². The van der Waals surface area contributed by atoms with Gasteiger partial charge in [0.15, 0.2) is 0 Å². The monoisotopic (exact) mass is 286 g/mol. The Kier molecular flexibility index (Phi) is 3.69. The molecule has 0 spiro atoms. The fraction of sp³-hybridized carbons (Fsp3) is 0.400. The Hall–Kier alpha value is -1.71. The number of nitrogens with two attached hydrogens (primary N) is 1. The van der Waals surface area contributed by atoms with Crippen molar-refractivity contribution in [3.63, 3.8) is 0 Å². The Morgan fingerprint density at radius 1 is 1.26 bits per heavy atom. The number of nitrogens with zero attached hydrogens (tertiary/aromatic N) is 2. The fourth-order valence-electron chi connectivity index (χ4n) is 1.91. The molecule has 1 aliphatic rings. The van der Waals surface area contributed by atoms with E-state index >= 15 is 0 Å². The van der Waals surface area contributed by atoms with Crippen molar-refractivity contribution in [1.82, 2.24) is 14.2 Å². The molecule has 2 rings (SSSR count). The number of rotatable bonds is 2. The molecule has 1 fully saturated rings. The lowest BCUT2D eigenvalue weighted by molar-refractivity contribution is 0.0696. The average molecular weight is 286 g/mol. The van der Waals surface area contributed by atoms with Crippen molar-refractivity contribution < 1.29 is 13.2 Å².